The molecule has 34 heavy (non-hydrogen) atoms. The predicted octanol–water partition coefficient (Wildman–Crippen LogP) is 8.88. The molecule has 0 aliphatic carbocycles. The van der Waals surface area contributed by atoms with Crippen LogP contribution >= 0.6 is 0 Å². The van der Waals surface area contributed by atoms with Crippen molar-refractivity contribution in [2.45, 2.75) is 107 Å². The molecule has 192 valence electrons. The first-order chi connectivity index (χ1) is 16.3. The molecule has 1 rings (SSSR count). The fourth-order valence-corrected chi connectivity index (χ4v) is 18.5. The maximum atomic E-state index is 6.61. The maximum absolute atomic E-state index is 6.61. The Labute approximate surface area is 216 Å². The molecule has 3 heteroatoms. The predicted molar refractivity (Wildman–Crippen MR) is 154 cm³/mol. The van der Waals surface area contributed by atoms with E-state index < -0.39 is 18.4 Å². The molecule has 2 nitrogen and oxygen atoms in total. The van der Waals surface area contributed by atoms with E-state index in [1.54, 1.807) is 0 Å². The van der Waals surface area contributed by atoms with Gasteiger partial charge in [0.25, 0.3) is 0 Å². The molecule has 0 amide bonds. The van der Waals surface area contributed by atoms with Gasteiger partial charge in [-0.05, 0) is 20.8 Å². The molecule has 0 heterocycles. The fraction of sp³-hybridized carbons (Fsp3) is 0.677. The van der Waals surface area contributed by atoms with Crippen molar-refractivity contribution in [1.82, 2.24) is 4.90 Å². The zero-order chi connectivity index (χ0) is 25.3. The van der Waals surface area contributed by atoms with Crippen molar-refractivity contribution in [3.63, 3.8) is 0 Å². The average molecular weight is 574 g/mol. The quantitative estimate of drug-likeness (QED) is 0.136. The van der Waals surface area contributed by atoms with Gasteiger partial charge in [-0.3, -0.25) is 0 Å². The summed E-state index contributed by atoms with van der Waals surface area (Å²) in [5.41, 5.74) is 1.39. The van der Waals surface area contributed by atoms with Gasteiger partial charge in [-0.1, -0.05) is 0 Å². The van der Waals surface area contributed by atoms with Crippen LogP contribution in [0.1, 0.15) is 92.6 Å². The number of hydrogen-bond acceptors (Lipinski definition) is 2. The third-order valence-electron chi connectivity index (χ3n) is 6.49. The van der Waals surface area contributed by atoms with E-state index >= 15 is 0 Å². The molecule has 0 fully saturated rings. The fourth-order valence-electron chi connectivity index (χ4n) is 4.30. The zero-order valence-corrected chi connectivity index (χ0v) is 26.4. The minimum atomic E-state index is -2.27. The Bertz CT molecular complexity index is 731. The van der Waals surface area contributed by atoms with Crippen molar-refractivity contribution in [3.05, 3.63) is 42.0 Å². The van der Waals surface area contributed by atoms with Crippen LogP contribution in [0.5, 0.6) is 5.75 Å². The SMILES string of the molecule is CCC[CH2][Sn]([CH2]CCC)([CH2]CCC)[CH2]Oc1cccc(CN(CC)C/C=C/C#CC(C)(C)C)c1. The molecule has 0 saturated heterocycles. The number of hydrogen-bond donors (Lipinski definition) is 0. The van der Waals surface area contributed by atoms with Crippen LogP contribution in [0.15, 0.2) is 36.4 Å². The van der Waals surface area contributed by atoms with Crippen molar-refractivity contribution < 1.29 is 4.74 Å². The minimum absolute atomic E-state index is 0.0563. The number of benzene rings is 1. The van der Waals surface area contributed by atoms with Crippen molar-refractivity contribution >= 4 is 18.4 Å². The van der Waals surface area contributed by atoms with Gasteiger partial charge in [0.2, 0.25) is 0 Å². The summed E-state index contributed by atoms with van der Waals surface area (Å²) < 4.78 is 12.2. The number of unbranched alkanes of at least 4 members (excludes halogenated alkanes) is 3. The topological polar surface area (TPSA) is 12.5 Å². The summed E-state index contributed by atoms with van der Waals surface area (Å²) in [7, 11) is 0. The van der Waals surface area contributed by atoms with Gasteiger partial charge in [0.15, 0.2) is 0 Å². The second kappa shape index (κ2) is 17.5. The summed E-state index contributed by atoms with van der Waals surface area (Å²) in [5.74, 6) is 7.52. The van der Waals surface area contributed by atoms with E-state index in [2.05, 4.69) is 95.5 Å². The Morgan fingerprint density at radius 3 is 2.09 bits per heavy atom. The number of likely N-dealkylation sites (N-methyl/N-ethyl adjacent to an activating group) is 1. The molecule has 0 N–H and O–H groups in total. The van der Waals surface area contributed by atoms with Gasteiger partial charge in [0, 0.05) is 5.41 Å². The molecular formula is C31H53NOSn. The first kappa shape index (κ1) is 31.1. The second-order valence-electron chi connectivity index (χ2n) is 11.0. The normalized spacial score (nSPS) is 12.2. The molecule has 1 aromatic carbocycles. The third-order valence-corrected chi connectivity index (χ3v) is 20.8. The Morgan fingerprint density at radius 2 is 1.56 bits per heavy atom. The van der Waals surface area contributed by atoms with E-state index in [0.717, 1.165) is 30.0 Å². The van der Waals surface area contributed by atoms with Crippen molar-refractivity contribution in [2.75, 3.05) is 17.7 Å². The molecule has 0 atom stereocenters. The average Bonchev–Trinajstić information content (AvgIpc) is 2.81. The molecule has 0 radical (unpaired) electrons. The van der Waals surface area contributed by atoms with Crippen LogP contribution in [0.3, 0.4) is 0 Å². The molecule has 0 aliphatic rings. The van der Waals surface area contributed by atoms with Crippen LogP contribution in [-0.2, 0) is 6.54 Å². The van der Waals surface area contributed by atoms with Gasteiger partial charge in [0.05, 0.1) is 0 Å². The van der Waals surface area contributed by atoms with E-state index in [0.29, 0.717) is 0 Å². The summed E-state index contributed by atoms with van der Waals surface area (Å²) >= 11 is -2.27. The Kier molecular flexibility index (Phi) is 16.0. The first-order valence-corrected chi connectivity index (χ1v) is 22.0. The Morgan fingerprint density at radius 1 is 0.941 bits per heavy atom. The van der Waals surface area contributed by atoms with Gasteiger partial charge in [-0.25, -0.2) is 0 Å². The number of nitrogens with zero attached hydrogens (tertiary/aromatic N) is 1. The summed E-state index contributed by atoms with van der Waals surface area (Å²) in [6.07, 6.45) is 12.3. The van der Waals surface area contributed by atoms with E-state index in [9.17, 15) is 0 Å². The van der Waals surface area contributed by atoms with E-state index in [1.165, 1.54) is 57.4 Å². The summed E-state index contributed by atoms with van der Waals surface area (Å²) in [6, 6.07) is 8.85. The number of allylic oxidation sites excluding steroid dienone is 1. The molecular weight excluding hydrogens is 521 g/mol. The molecule has 0 bridgehead atoms. The second-order valence-corrected chi connectivity index (χ2v) is 24.7. The van der Waals surface area contributed by atoms with Crippen LogP contribution in [0, 0.1) is 17.3 Å². The van der Waals surface area contributed by atoms with Crippen LogP contribution in [0.25, 0.3) is 0 Å². The molecule has 0 aromatic heterocycles. The summed E-state index contributed by atoms with van der Waals surface area (Å²) in [5, 5.41) is 0. The van der Waals surface area contributed by atoms with Gasteiger partial charge in [-0.2, -0.15) is 0 Å². The van der Waals surface area contributed by atoms with Crippen LogP contribution < -0.4 is 4.74 Å². The van der Waals surface area contributed by atoms with Crippen molar-refractivity contribution in [2.24, 2.45) is 5.41 Å². The van der Waals surface area contributed by atoms with Gasteiger partial charge >= 0.3 is 191 Å². The van der Waals surface area contributed by atoms with Crippen LogP contribution in [0.4, 0.5) is 0 Å². The van der Waals surface area contributed by atoms with Crippen LogP contribution in [0.2, 0.25) is 13.3 Å². The molecule has 0 aliphatic heterocycles. The van der Waals surface area contributed by atoms with Gasteiger partial charge < -0.3 is 0 Å². The monoisotopic (exact) mass is 575 g/mol. The summed E-state index contributed by atoms with van der Waals surface area (Å²) in [6.45, 7) is 18.6. The van der Waals surface area contributed by atoms with Crippen molar-refractivity contribution in [1.29, 1.82) is 0 Å². The number of rotatable bonds is 17. The number of ether oxygens (including phenoxy) is 1. The molecule has 0 unspecified atom stereocenters. The standard InChI is InChI=1S/C19H26NO.3C4H9.Sn/c1-6-20(14-9-7-8-13-19(2,3)4)16-17-11-10-12-18(15-17)21-5;3*1-3-4-2;/h7,9-12,15H,5-6,14,16H2,1-4H3;3*1,3-4H2,2H3;/b9-7+;;;;. The van der Waals surface area contributed by atoms with Gasteiger partial charge in [-0.15, -0.1) is 0 Å². The van der Waals surface area contributed by atoms with E-state index in [-0.39, 0.29) is 5.41 Å². The van der Waals surface area contributed by atoms with E-state index in [4.69, 9.17) is 4.74 Å². The van der Waals surface area contributed by atoms with Crippen LogP contribution in [-0.4, -0.2) is 41.0 Å². The zero-order valence-electron chi connectivity index (χ0n) is 23.5. The first-order valence-electron chi connectivity index (χ1n) is 13.9. The van der Waals surface area contributed by atoms with Crippen molar-refractivity contribution in [3.8, 4) is 17.6 Å². The summed E-state index contributed by atoms with van der Waals surface area (Å²) in [4.78, 5) is 2.45. The Hall–Kier alpha value is -0.921. The Balaban J connectivity index is 2.80. The third kappa shape index (κ3) is 13.8. The van der Waals surface area contributed by atoms with Gasteiger partial charge in [0.1, 0.15) is 0 Å². The van der Waals surface area contributed by atoms with E-state index in [1.807, 2.05) is 6.08 Å². The molecule has 1 aromatic rings. The molecule has 0 spiro atoms. The molecule has 0 saturated carbocycles.